The molecule has 2 aliphatic heterocycles. The summed E-state index contributed by atoms with van der Waals surface area (Å²) in [5.41, 5.74) is -0.0434. The highest BCUT2D eigenvalue weighted by molar-refractivity contribution is 5.85. The molecule has 11 heavy (non-hydrogen) atoms. The number of nitrogens with one attached hydrogen (secondary N) is 1. The Bertz CT molecular complexity index is 140. The van der Waals surface area contributed by atoms with E-state index in [0.29, 0.717) is 6.61 Å². The van der Waals surface area contributed by atoms with Crippen LogP contribution in [0.3, 0.4) is 0 Å². The van der Waals surface area contributed by atoms with Crippen LogP contribution >= 0.6 is 12.4 Å². The second-order valence-corrected chi connectivity index (χ2v) is 3.26. The van der Waals surface area contributed by atoms with Gasteiger partial charge < -0.3 is 10.1 Å². The van der Waals surface area contributed by atoms with Crippen molar-refractivity contribution in [2.75, 3.05) is 26.3 Å². The molecule has 2 fully saturated rings. The van der Waals surface area contributed by atoms with E-state index in [1.807, 2.05) is 0 Å². The molecule has 0 bridgehead atoms. The van der Waals surface area contributed by atoms with Gasteiger partial charge in [0.2, 0.25) is 0 Å². The molecule has 0 saturated carbocycles. The zero-order valence-corrected chi connectivity index (χ0v) is 7.12. The predicted molar refractivity (Wildman–Crippen MR) is 42.9 cm³/mol. The molecule has 1 unspecified atom stereocenters. The Morgan fingerprint density at radius 3 is 2.55 bits per heavy atom. The van der Waals surface area contributed by atoms with E-state index in [2.05, 4.69) is 5.32 Å². The van der Waals surface area contributed by atoms with E-state index >= 15 is 0 Å². The van der Waals surface area contributed by atoms with Gasteiger partial charge in [0, 0.05) is 25.1 Å². The summed E-state index contributed by atoms with van der Waals surface area (Å²) in [4.78, 5) is 0. The normalized spacial score (nSPS) is 34.1. The quantitative estimate of drug-likeness (QED) is 0.596. The SMILES string of the molecule is Cl.FC1COCCC12CNC2. The van der Waals surface area contributed by atoms with Crippen LogP contribution in [0.2, 0.25) is 0 Å². The standard InChI is InChI=1S/C7H12FNO.ClH/c8-6-3-10-2-1-7(6)4-9-5-7;/h6,9H,1-5H2;1H. The lowest BCUT2D eigenvalue weighted by molar-refractivity contribution is -0.0819. The molecule has 4 heteroatoms. The van der Waals surface area contributed by atoms with Gasteiger partial charge >= 0.3 is 0 Å². The van der Waals surface area contributed by atoms with Crippen LogP contribution in [0.25, 0.3) is 0 Å². The molecule has 2 rings (SSSR count). The Morgan fingerprint density at radius 1 is 1.45 bits per heavy atom. The molecule has 0 amide bonds. The second kappa shape index (κ2) is 3.25. The number of halogens is 2. The zero-order valence-electron chi connectivity index (χ0n) is 6.31. The summed E-state index contributed by atoms with van der Waals surface area (Å²) in [6.45, 7) is 2.73. The first-order valence-electron chi connectivity index (χ1n) is 3.76. The highest BCUT2D eigenvalue weighted by atomic mass is 35.5. The lowest BCUT2D eigenvalue weighted by atomic mass is 9.74. The Kier molecular flexibility index (Phi) is 2.73. The molecule has 2 aliphatic rings. The van der Waals surface area contributed by atoms with Crippen LogP contribution in [0.5, 0.6) is 0 Å². The maximum Gasteiger partial charge on any atom is 0.131 e. The lowest BCUT2D eigenvalue weighted by Gasteiger charge is -2.47. The van der Waals surface area contributed by atoms with Crippen molar-refractivity contribution in [3.05, 3.63) is 0 Å². The Balaban J connectivity index is 0.000000605. The minimum atomic E-state index is -0.734. The first-order valence-corrected chi connectivity index (χ1v) is 3.76. The molecule has 2 nitrogen and oxygen atoms in total. The summed E-state index contributed by atoms with van der Waals surface area (Å²) in [6, 6.07) is 0. The molecular weight excluding hydrogens is 169 g/mol. The lowest BCUT2D eigenvalue weighted by Crippen LogP contribution is -2.61. The first kappa shape index (κ1) is 9.23. The molecule has 0 aliphatic carbocycles. The first-order chi connectivity index (χ1) is 4.83. The highest BCUT2D eigenvalue weighted by Crippen LogP contribution is 2.36. The molecule has 0 aromatic carbocycles. The van der Waals surface area contributed by atoms with Crippen LogP contribution in [-0.4, -0.2) is 32.5 Å². The van der Waals surface area contributed by atoms with Crippen molar-refractivity contribution in [3.8, 4) is 0 Å². The number of hydrogen-bond acceptors (Lipinski definition) is 2. The van der Waals surface area contributed by atoms with Gasteiger partial charge in [0.05, 0.1) is 6.61 Å². The van der Waals surface area contributed by atoms with Crippen molar-refractivity contribution in [2.24, 2.45) is 5.41 Å². The van der Waals surface area contributed by atoms with Crippen LogP contribution in [0.4, 0.5) is 4.39 Å². The fourth-order valence-corrected chi connectivity index (χ4v) is 1.64. The minimum Gasteiger partial charge on any atom is -0.378 e. The van der Waals surface area contributed by atoms with Crippen molar-refractivity contribution < 1.29 is 9.13 Å². The largest absolute Gasteiger partial charge is 0.378 e. The number of rotatable bonds is 0. The number of hydrogen-bond donors (Lipinski definition) is 1. The molecule has 0 aromatic rings. The van der Waals surface area contributed by atoms with E-state index in [0.717, 1.165) is 26.1 Å². The smallest absolute Gasteiger partial charge is 0.131 e. The number of ether oxygens (including phenoxy) is 1. The van der Waals surface area contributed by atoms with Crippen LogP contribution in [-0.2, 0) is 4.74 Å². The molecule has 0 aromatic heterocycles. The number of alkyl halides is 1. The molecule has 0 radical (unpaired) electrons. The average Bonchev–Trinajstić information content (AvgIpc) is 1.85. The van der Waals surface area contributed by atoms with Crippen LogP contribution < -0.4 is 5.32 Å². The Hall–Kier alpha value is 0.140. The maximum atomic E-state index is 13.1. The maximum absolute atomic E-state index is 13.1. The van der Waals surface area contributed by atoms with Crippen LogP contribution in [0.1, 0.15) is 6.42 Å². The molecule has 1 spiro atoms. The van der Waals surface area contributed by atoms with Crippen LogP contribution in [0.15, 0.2) is 0 Å². The predicted octanol–water partition coefficient (Wildman–Crippen LogP) is 0.756. The van der Waals surface area contributed by atoms with Gasteiger partial charge in [0.15, 0.2) is 0 Å². The Labute approximate surface area is 71.9 Å². The van der Waals surface area contributed by atoms with Crippen molar-refractivity contribution in [3.63, 3.8) is 0 Å². The van der Waals surface area contributed by atoms with E-state index in [1.165, 1.54) is 0 Å². The summed E-state index contributed by atoms with van der Waals surface area (Å²) in [5, 5.41) is 3.11. The van der Waals surface area contributed by atoms with E-state index < -0.39 is 6.17 Å². The summed E-state index contributed by atoms with van der Waals surface area (Å²) in [6.07, 6.45) is 0.156. The van der Waals surface area contributed by atoms with Gasteiger partial charge in [0.25, 0.3) is 0 Å². The monoisotopic (exact) mass is 181 g/mol. The van der Waals surface area contributed by atoms with Crippen molar-refractivity contribution in [1.82, 2.24) is 5.32 Å². The summed E-state index contributed by atoms with van der Waals surface area (Å²) in [7, 11) is 0. The van der Waals surface area contributed by atoms with Gasteiger partial charge in [-0.3, -0.25) is 0 Å². The van der Waals surface area contributed by atoms with Crippen molar-refractivity contribution in [2.45, 2.75) is 12.6 Å². The van der Waals surface area contributed by atoms with E-state index in [4.69, 9.17) is 4.74 Å². The molecule has 2 saturated heterocycles. The minimum absolute atomic E-state index is 0. The van der Waals surface area contributed by atoms with Crippen molar-refractivity contribution >= 4 is 12.4 Å². The van der Waals surface area contributed by atoms with E-state index in [-0.39, 0.29) is 17.8 Å². The third-order valence-electron chi connectivity index (χ3n) is 2.63. The van der Waals surface area contributed by atoms with Gasteiger partial charge in [-0.2, -0.15) is 0 Å². The third-order valence-corrected chi connectivity index (χ3v) is 2.63. The highest BCUT2D eigenvalue weighted by Gasteiger charge is 2.46. The van der Waals surface area contributed by atoms with E-state index in [9.17, 15) is 4.39 Å². The summed E-state index contributed by atoms with van der Waals surface area (Å²) >= 11 is 0. The fraction of sp³-hybridized carbons (Fsp3) is 1.00. The average molecular weight is 182 g/mol. The molecular formula is C7H13ClFNO. The van der Waals surface area contributed by atoms with E-state index in [1.54, 1.807) is 0 Å². The molecule has 66 valence electrons. The van der Waals surface area contributed by atoms with Gasteiger partial charge in [-0.25, -0.2) is 4.39 Å². The Morgan fingerprint density at radius 2 is 2.18 bits per heavy atom. The molecule has 1 N–H and O–H groups in total. The zero-order chi connectivity index (χ0) is 7.03. The van der Waals surface area contributed by atoms with Gasteiger partial charge in [0.1, 0.15) is 6.17 Å². The van der Waals surface area contributed by atoms with Gasteiger partial charge in [-0.1, -0.05) is 0 Å². The fourth-order valence-electron chi connectivity index (χ4n) is 1.64. The van der Waals surface area contributed by atoms with Gasteiger partial charge in [-0.15, -0.1) is 12.4 Å². The third kappa shape index (κ3) is 1.37. The van der Waals surface area contributed by atoms with Gasteiger partial charge in [-0.05, 0) is 6.42 Å². The van der Waals surface area contributed by atoms with Crippen LogP contribution in [0, 0.1) is 5.41 Å². The summed E-state index contributed by atoms with van der Waals surface area (Å²) < 4.78 is 18.1. The second-order valence-electron chi connectivity index (χ2n) is 3.26. The summed E-state index contributed by atoms with van der Waals surface area (Å²) in [5.74, 6) is 0. The topological polar surface area (TPSA) is 21.3 Å². The molecule has 2 heterocycles. The molecule has 1 atom stereocenters. The van der Waals surface area contributed by atoms with Crippen molar-refractivity contribution in [1.29, 1.82) is 0 Å².